The van der Waals surface area contributed by atoms with E-state index in [0.717, 1.165) is 0 Å². The van der Waals surface area contributed by atoms with Crippen molar-refractivity contribution >= 4 is 17.5 Å². The molecule has 0 fully saturated rings. The predicted octanol–water partition coefficient (Wildman–Crippen LogP) is 1.07. The molecule has 2 N–H and O–H groups in total. The lowest BCUT2D eigenvalue weighted by atomic mass is 10.2. The van der Waals surface area contributed by atoms with Crippen molar-refractivity contribution in [2.75, 3.05) is 5.32 Å². The molecule has 0 aromatic heterocycles. The Hall–Kier alpha value is -1.84. The van der Waals surface area contributed by atoms with E-state index in [1.165, 1.54) is 19.1 Å². The van der Waals surface area contributed by atoms with Gasteiger partial charge in [0.25, 0.3) is 5.91 Å². The Morgan fingerprint density at radius 2 is 1.77 bits per heavy atom. The van der Waals surface area contributed by atoms with Gasteiger partial charge in [0.1, 0.15) is 0 Å². The molecule has 0 heterocycles. The predicted molar refractivity (Wildman–Crippen MR) is 48.2 cm³/mol. The molecule has 0 aliphatic heterocycles. The average Bonchev–Trinajstić information content (AvgIpc) is 2.04. The van der Waals surface area contributed by atoms with Crippen LogP contribution in [-0.2, 0) is 4.79 Å². The summed E-state index contributed by atoms with van der Waals surface area (Å²) in [6.07, 6.45) is 0. The highest BCUT2D eigenvalue weighted by Crippen LogP contribution is 2.08. The highest BCUT2D eigenvalue weighted by Gasteiger charge is 2.00. The van der Waals surface area contributed by atoms with Gasteiger partial charge in [0.2, 0.25) is 5.91 Å². The van der Waals surface area contributed by atoms with Gasteiger partial charge < -0.3 is 5.32 Å². The second-order valence-corrected chi connectivity index (χ2v) is 2.59. The summed E-state index contributed by atoms with van der Waals surface area (Å²) in [5, 5.41) is 2.56. The molecule has 1 rings (SSSR count). The van der Waals surface area contributed by atoms with Crippen molar-refractivity contribution in [2.45, 2.75) is 6.92 Å². The third-order valence-corrected chi connectivity index (χ3v) is 1.47. The molecule has 13 heavy (non-hydrogen) atoms. The zero-order valence-electron chi connectivity index (χ0n) is 7.13. The van der Waals surface area contributed by atoms with Gasteiger partial charge in [0.05, 0.1) is 0 Å². The van der Waals surface area contributed by atoms with Crippen molar-refractivity contribution < 1.29 is 9.59 Å². The second-order valence-electron chi connectivity index (χ2n) is 2.59. The van der Waals surface area contributed by atoms with E-state index in [0.29, 0.717) is 11.3 Å². The van der Waals surface area contributed by atoms with Crippen molar-refractivity contribution in [3.63, 3.8) is 0 Å². The Bertz CT molecular complexity index is 330. The molecule has 0 atom stereocenters. The van der Waals surface area contributed by atoms with Crippen LogP contribution in [0.25, 0.3) is 0 Å². The van der Waals surface area contributed by atoms with Gasteiger partial charge in [-0.3, -0.25) is 15.3 Å². The normalized spacial score (nSPS) is 9.31. The summed E-state index contributed by atoms with van der Waals surface area (Å²) in [7, 11) is 0. The van der Waals surface area contributed by atoms with Crippen molar-refractivity contribution in [3.8, 4) is 0 Å². The Balaban J connectivity index is 2.81. The highest BCUT2D eigenvalue weighted by atomic mass is 16.1. The fraction of sp³-hybridized carbons (Fsp3) is 0.111. The summed E-state index contributed by atoms with van der Waals surface area (Å²) in [4.78, 5) is 21.2. The number of carbonyl (C=O) groups excluding carboxylic acids is 2. The molecule has 0 bridgehead atoms. The fourth-order valence-corrected chi connectivity index (χ4v) is 0.908. The van der Waals surface area contributed by atoms with Crippen LogP contribution in [0.15, 0.2) is 24.3 Å². The number of hydrogen-bond acceptors (Lipinski definition) is 2. The Labute approximate surface area is 75.7 Å². The van der Waals surface area contributed by atoms with Gasteiger partial charge in [-0.15, -0.1) is 0 Å². The smallest absolute Gasteiger partial charge is 0.269 e. The quantitative estimate of drug-likeness (QED) is 0.733. The van der Waals surface area contributed by atoms with E-state index in [4.69, 9.17) is 5.73 Å². The standard InChI is InChI=1S/C9H9N2O2/c1-6(12)11-8-4-2-7(3-5-8)9(10)13/h2-5,10H,1H3,(H,11,12). The van der Waals surface area contributed by atoms with Crippen LogP contribution in [0.1, 0.15) is 17.3 Å². The zero-order chi connectivity index (χ0) is 9.84. The third kappa shape index (κ3) is 2.59. The van der Waals surface area contributed by atoms with Crippen molar-refractivity contribution in [1.82, 2.24) is 5.73 Å². The second kappa shape index (κ2) is 3.71. The van der Waals surface area contributed by atoms with E-state index in [-0.39, 0.29) is 5.91 Å². The Kier molecular flexibility index (Phi) is 2.64. The first-order valence-corrected chi connectivity index (χ1v) is 3.73. The summed E-state index contributed by atoms with van der Waals surface area (Å²) in [6.45, 7) is 1.41. The first-order chi connectivity index (χ1) is 6.09. The lowest BCUT2D eigenvalue weighted by Crippen LogP contribution is -2.06. The molecule has 1 radical (unpaired) electrons. The molecule has 0 saturated heterocycles. The number of hydrogen-bond donors (Lipinski definition) is 1. The van der Waals surface area contributed by atoms with Gasteiger partial charge in [-0.2, -0.15) is 0 Å². The molecule has 0 aliphatic carbocycles. The monoisotopic (exact) mass is 177 g/mol. The molecule has 4 heteroatoms. The van der Waals surface area contributed by atoms with E-state index < -0.39 is 5.91 Å². The minimum absolute atomic E-state index is 0.162. The summed E-state index contributed by atoms with van der Waals surface area (Å²) in [5.41, 5.74) is 7.74. The number of rotatable bonds is 2. The number of amides is 2. The highest BCUT2D eigenvalue weighted by molar-refractivity contribution is 5.93. The van der Waals surface area contributed by atoms with Gasteiger partial charge in [-0.25, -0.2) is 0 Å². The molecule has 0 spiro atoms. The summed E-state index contributed by atoms with van der Waals surface area (Å²) in [5.74, 6) is -0.890. The van der Waals surface area contributed by atoms with Crippen LogP contribution in [0.3, 0.4) is 0 Å². The minimum Gasteiger partial charge on any atom is -0.326 e. The first kappa shape index (κ1) is 9.25. The fourth-order valence-electron chi connectivity index (χ4n) is 0.908. The van der Waals surface area contributed by atoms with Crippen LogP contribution in [0.4, 0.5) is 5.69 Å². The Morgan fingerprint density at radius 3 is 2.15 bits per heavy atom. The van der Waals surface area contributed by atoms with Gasteiger partial charge in [0.15, 0.2) is 0 Å². The molecule has 0 aliphatic rings. The summed E-state index contributed by atoms with van der Waals surface area (Å²) < 4.78 is 0. The molecule has 0 saturated carbocycles. The number of nitrogens with one attached hydrogen (secondary N) is 2. The molecule has 1 aromatic rings. The van der Waals surface area contributed by atoms with Crippen LogP contribution >= 0.6 is 0 Å². The first-order valence-electron chi connectivity index (χ1n) is 3.73. The van der Waals surface area contributed by atoms with Gasteiger partial charge in [-0.1, -0.05) is 0 Å². The summed E-state index contributed by atoms with van der Waals surface area (Å²) in [6, 6.07) is 6.17. The molecule has 67 valence electrons. The lowest BCUT2D eigenvalue weighted by Gasteiger charge is -2.01. The SMILES string of the molecule is CC(=O)Nc1ccc(C([NH])=O)cc1. The minimum atomic E-state index is -0.727. The van der Waals surface area contributed by atoms with Crippen molar-refractivity contribution in [2.24, 2.45) is 0 Å². The largest absolute Gasteiger partial charge is 0.326 e. The maximum Gasteiger partial charge on any atom is 0.269 e. The van der Waals surface area contributed by atoms with Crippen molar-refractivity contribution in [3.05, 3.63) is 29.8 Å². The maximum absolute atomic E-state index is 10.6. The number of benzene rings is 1. The van der Waals surface area contributed by atoms with Crippen molar-refractivity contribution in [1.29, 1.82) is 0 Å². The molecular formula is C9H9N2O2. The third-order valence-electron chi connectivity index (χ3n) is 1.47. The van der Waals surface area contributed by atoms with Gasteiger partial charge in [0, 0.05) is 18.2 Å². The van der Waals surface area contributed by atoms with Crippen LogP contribution in [-0.4, -0.2) is 11.8 Å². The van der Waals surface area contributed by atoms with Crippen LogP contribution in [0.2, 0.25) is 0 Å². The van der Waals surface area contributed by atoms with E-state index >= 15 is 0 Å². The van der Waals surface area contributed by atoms with Crippen LogP contribution < -0.4 is 11.1 Å². The van der Waals surface area contributed by atoms with Crippen LogP contribution in [0, 0.1) is 0 Å². The summed E-state index contributed by atoms with van der Waals surface area (Å²) >= 11 is 0. The van der Waals surface area contributed by atoms with E-state index in [1.54, 1.807) is 12.1 Å². The van der Waals surface area contributed by atoms with Crippen LogP contribution in [0.5, 0.6) is 0 Å². The lowest BCUT2D eigenvalue weighted by molar-refractivity contribution is -0.114. The zero-order valence-corrected chi connectivity index (χ0v) is 7.13. The molecule has 0 unspecified atom stereocenters. The van der Waals surface area contributed by atoms with E-state index in [1.807, 2.05) is 0 Å². The molecule has 1 aromatic carbocycles. The molecular weight excluding hydrogens is 168 g/mol. The topological polar surface area (TPSA) is 70.0 Å². The molecule has 4 nitrogen and oxygen atoms in total. The van der Waals surface area contributed by atoms with Gasteiger partial charge >= 0.3 is 0 Å². The number of carbonyl (C=O) groups is 2. The number of anilines is 1. The Morgan fingerprint density at radius 1 is 1.23 bits per heavy atom. The van der Waals surface area contributed by atoms with E-state index in [9.17, 15) is 9.59 Å². The average molecular weight is 177 g/mol. The maximum atomic E-state index is 10.6. The molecule has 2 amide bonds. The van der Waals surface area contributed by atoms with Gasteiger partial charge in [-0.05, 0) is 24.3 Å². The van der Waals surface area contributed by atoms with E-state index in [2.05, 4.69) is 5.32 Å².